The largest absolute Gasteiger partial charge is 0.373 e. The van der Waals surface area contributed by atoms with Crippen LogP contribution in [0.5, 0.6) is 0 Å². The third kappa shape index (κ3) is 2.38. The molecule has 82 valence electrons. The molecule has 2 heterocycles. The number of rotatable bonds is 3. The minimum atomic E-state index is -0.127. The molecule has 0 unspecified atom stereocenters. The molecular formula is C11H11N3OS. The van der Waals surface area contributed by atoms with Crippen molar-refractivity contribution >= 4 is 28.7 Å². The van der Waals surface area contributed by atoms with Gasteiger partial charge in [0.1, 0.15) is 5.82 Å². The second kappa shape index (κ2) is 4.76. The van der Waals surface area contributed by atoms with Crippen LogP contribution in [0, 0.1) is 0 Å². The number of carbonyl (C=O) groups is 1. The highest BCUT2D eigenvalue weighted by molar-refractivity contribution is 7.08. The predicted octanol–water partition coefficient (Wildman–Crippen LogP) is 2.44. The van der Waals surface area contributed by atoms with Gasteiger partial charge in [-0.25, -0.2) is 4.98 Å². The first-order chi connectivity index (χ1) is 7.79. The normalized spacial score (nSPS) is 9.81. The molecule has 0 saturated heterocycles. The maximum absolute atomic E-state index is 11.8. The Kier molecular flexibility index (Phi) is 3.16. The van der Waals surface area contributed by atoms with Crippen molar-refractivity contribution in [3.8, 4) is 0 Å². The molecule has 0 saturated carbocycles. The number of carbonyl (C=O) groups excluding carboxylic acids is 1. The Hall–Kier alpha value is -1.88. The predicted molar refractivity (Wildman–Crippen MR) is 66.1 cm³/mol. The molecule has 0 aromatic carbocycles. The molecule has 5 heteroatoms. The van der Waals surface area contributed by atoms with Crippen molar-refractivity contribution < 1.29 is 4.79 Å². The lowest BCUT2D eigenvalue weighted by Gasteiger charge is -2.04. The molecule has 4 nitrogen and oxygen atoms in total. The highest BCUT2D eigenvalue weighted by Crippen LogP contribution is 2.14. The first kappa shape index (κ1) is 10.6. The van der Waals surface area contributed by atoms with Gasteiger partial charge in [-0.05, 0) is 23.6 Å². The monoisotopic (exact) mass is 233 g/mol. The fourth-order valence-corrected chi connectivity index (χ4v) is 1.84. The molecule has 0 spiro atoms. The SMILES string of the molecule is CNc1cc(C(=O)Nc2ccsc2)ccn1. The smallest absolute Gasteiger partial charge is 0.255 e. The molecule has 2 aromatic heterocycles. The summed E-state index contributed by atoms with van der Waals surface area (Å²) in [5.41, 5.74) is 1.41. The van der Waals surface area contributed by atoms with Crippen molar-refractivity contribution in [2.75, 3.05) is 17.7 Å². The van der Waals surface area contributed by atoms with E-state index in [1.807, 2.05) is 16.8 Å². The summed E-state index contributed by atoms with van der Waals surface area (Å²) >= 11 is 1.55. The fraction of sp³-hybridized carbons (Fsp3) is 0.0909. The van der Waals surface area contributed by atoms with Crippen LogP contribution in [-0.2, 0) is 0 Å². The van der Waals surface area contributed by atoms with Crippen LogP contribution in [-0.4, -0.2) is 17.9 Å². The second-order valence-corrected chi connectivity index (χ2v) is 3.93. The highest BCUT2D eigenvalue weighted by Gasteiger charge is 2.06. The van der Waals surface area contributed by atoms with Crippen LogP contribution in [0.15, 0.2) is 35.2 Å². The van der Waals surface area contributed by atoms with Crippen molar-refractivity contribution in [1.82, 2.24) is 4.98 Å². The van der Waals surface area contributed by atoms with Gasteiger partial charge in [-0.1, -0.05) is 0 Å². The van der Waals surface area contributed by atoms with Crippen molar-refractivity contribution in [1.29, 1.82) is 0 Å². The van der Waals surface area contributed by atoms with E-state index < -0.39 is 0 Å². The van der Waals surface area contributed by atoms with Crippen LogP contribution in [0.4, 0.5) is 11.5 Å². The fourth-order valence-electron chi connectivity index (χ4n) is 1.25. The first-order valence-corrected chi connectivity index (χ1v) is 5.71. The van der Waals surface area contributed by atoms with Crippen LogP contribution < -0.4 is 10.6 Å². The summed E-state index contributed by atoms with van der Waals surface area (Å²) in [7, 11) is 1.77. The number of nitrogens with one attached hydrogen (secondary N) is 2. The van der Waals surface area contributed by atoms with Gasteiger partial charge in [0, 0.05) is 24.2 Å². The van der Waals surface area contributed by atoms with E-state index in [9.17, 15) is 4.79 Å². The molecule has 16 heavy (non-hydrogen) atoms. The van der Waals surface area contributed by atoms with Gasteiger partial charge in [0.2, 0.25) is 0 Å². The van der Waals surface area contributed by atoms with Gasteiger partial charge in [-0.2, -0.15) is 11.3 Å². The lowest BCUT2D eigenvalue weighted by Crippen LogP contribution is -2.11. The van der Waals surface area contributed by atoms with E-state index in [4.69, 9.17) is 0 Å². The van der Waals surface area contributed by atoms with Gasteiger partial charge >= 0.3 is 0 Å². The summed E-state index contributed by atoms with van der Waals surface area (Å²) in [6, 6.07) is 5.26. The minimum absolute atomic E-state index is 0.127. The Morgan fingerprint density at radius 2 is 2.31 bits per heavy atom. The number of anilines is 2. The molecule has 2 rings (SSSR count). The molecule has 0 fully saturated rings. The number of hydrogen-bond acceptors (Lipinski definition) is 4. The van der Waals surface area contributed by atoms with E-state index >= 15 is 0 Å². The zero-order valence-electron chi connectivity index (χ0n) is 8.73. The van der Waals surface area contributed by atoms with E-state index in [1.54, 1.807) is 36.7 Å². The van der Waals surface area contributed by atoms with Crippen LogP contribution in [0.1, 0.15) is 10.4 Å². The van der Waals surface area contributed by atoms with Crippen molar-refractivity contribution in [3.05, 3.63) is 40.7 Å². The Morgan fingerprint density at radius 3 is 3.00 bits per heavy atom. The van der Waals surface area contributed by atoms with Gasteiger partial charge in [0.05, 0.1) is 5.69 Å². The summed E-state index contributed by atoms with van der Waals surface area (Å²) in [6.45, 7) is 0. The molecule has 0 bridgehead atoms. The summed E-state index contributed by atoms with van der Waals surface area (Å²) in [5.74, 6) is 0.551. The lowest BCUT2D eigenvalue weighted by atomic mass is 10.2. The number of hydrogen-bond donors (Lipinski definition) is 2. The van der Waals surface area contributed by atoms with E-state index in [0.29, 0.717) is 11.4 Å². The summed E-state index contributed by atoms with van der Waals surface area (Å²) in [6.07, 6.45) is 1.61. The highest BCUT2D eigenvalue weighted by atomic mass is 32.1. The Morgan fingerprint density at radius 1 is 1.44 bits per heavy atom. The zero-order chi connectivity index (χ0) is 11.4. The second-order valence-electron chi connectivity index (χ2n) is 3.15. The Balaban J connectivity index is 2.14. The molecule has 0 atom stereocenters. The van der Waals surface area contributed by atoms with Gasteiger partial charge in [-0.15, -0.1) is 0 Å². The van der Waals surface area contributed by atoms with E-state index in [2.05, 4.69) is 15.6 Å². The molecule has 0 aliphatic carbocycles. The van der Waals surface area contributed by atoms with E-state index in [0.717, 1.165) is 5.69 Å². The maximum Gasteiger partial charge on any atom is 0.255 e. The minimum Gasteiger partial charge on any atom is -0.373 e. The molecule has 0 aliphatic heterocycles. The topological polar surface area (TPSA) is 54.0 Å². The summed E-state index contributed by atoms with van der Waals surface area (Å²) in [5, 5.41) is 9.50. The van der Waals surface area contributed by atoms with E-state index in [-0.39, 0.29) is 5.91 Å². The van der Waals surface area contributed by atoms with Crippen LogP contribution >= 0.6 is 11.3 Å². The third-order valence-corrected chi connectivity index (χ3v) is 2.74. The zero-order valence-corrected chi connectivity index (χ0v) is 9.54. The van der Waals surface area contributed by atoms with Crippen molar-refractivity contribution in [2.24, 2.45) is 0 Å². The Labute approximate surface area is 97.3 Å². The molecule has 0 aliphatic rings. The summed E-state index contributed by atoms with van der Waals surface area (Å²) < 4.78 is 0. The summed E-state index contributed by atoms with van der Waals surface area (Å²) in [4.78, 5) is 15.9. The number of nitrogens with zero attached hydrogens (tertiary/aromatic N) is 1. The standard InChI is InChI=1S/C11H11N3OS/c1-12-10-6-8(2-4-13-10)11(15)14-9-3-5-16-7-9/h2-7H,1H3,(H,12,13)(H,14,15). The van der Waals surface area contributed by atoms with Crippen molar-refractivity contribution in [2.45, 2.75) is 0 Å². The number of aromatic nitrogens is 1. The molecule has 2 aromatic rings. The molecule has 0 radical (unpaired) electrons. The lowest BCUT2D eigenvalue weighted by molar-refractivity contribution is 0.102. The average molecular weight is 233 g/mol. The Bertz CT molecular complexity index is 482. The van der Waals surface area contributed by atoms with Gasteiger partial charge in [0.15, 0.2) is 0 Å². The maximum atomic E-state index is 11.8. The quantitative estimate of drug-likeness (QED) is 0.856. The molecule has 1 amide bonds. The van der Waals surface area contributed by atoms with Crippen LogP contribution in [0.25, 0.3) is 0 Å². The van der Waals surface area contributed by atoms with Crippen molar-refractivity contribution in [3.63, 3.8) is 0 Å². The average Bonchev–Trinajstić information content (AvgIpc) is 2.82. The van der Waals surface area contributed by atoms with Gasteiger partial charge < -0.3 is 10.6 Å². The van der Waals surface area contributed by atoms with Gasteiger partial charge in [0.25, 0.3) is 5.91 Å². The van der Waals surface area contributed by atoms with E-state index in [1.165, 1.54) is 0 Å². The number of pyridine rings is 1. The van der Waals surface area contributed by atoms with Crippen LogP contribution in [0.3, 0.4) is 0 Å². The van der Waals surface area contributed by atoms with Gasteiger partial charge in [-0.3, -0.25) is 4.79 Å². The number of amides is 1. The van der Waals surface area contributed by atoms with Crippen LogP contribution in [0.2, 0.25) is 0 Å². The number of thiophene rings is 1. The third-order valence-electron chi connectivity index (χ3n) is 2.06. The first-order valence-electron chi connectivity index (χ1n) is 4.77. The molecule has 2 N–H and O–H groups in total. The molecular weight excluding hydrogens is 222 g/mol.